The van der Waals surface area contributed by atoms with Crippen molar-refractivity contribution in [1.82, 2.24) is 0 Å². The van der Waals surface area contributed by atoms with Crippen molar-refractivity contribution in [2.24, 2.45) is 0 Å². The fourth-order valence-electron chi connectivity index (χ4n) is 2.20. The molecule has 0 aliphatic rings. The molecule has 27 heavy (non-hydrogen) atoms. The molecule has 0 saturated carbocycles. The van der Waals surface area contributed by atoms with Crippen LogP contribution in [0.2, 0.25) is 0 Å². The minimum atomic E-state index is -0.513. The number of non-ortho nitro benzene ring substituents is 1. The quantitative estimate of drug-likeness (QED) is 0.268. The lowest BCUT2D eigenvalue weighted by molar-refractivity contribution is -0.384. The molecule has 0 radical (unpaired) electrons. The van der Waals surface area contributed by atoms with E-state index in [9.17, 15) is 14.9 Å². The summed E-state index contributed by atoms with van der Waals surface area (Å²) in [6.07, 6.45) is 0. The molecule has 0 aliphatic carbocycles. The highest BCUT2D eigenvalue weighted by Crippen LogP contribution is 2.37. The molecule has 2 aromatic carbocycles. The zero-order valence-electron chi connectivity index (χ0n) is 15.1. The SMILES string of the molecule is COCOc1cc(OCOC)c(C(C)=O)c(Oc2ccc([N+](=O)[O-])cc2)c1. The van der Waals surface area contributed by atoms with Gasteiger partial charge in [-0.2, -0.15) is 0 Å². The van der Waals surface area contributed by atoms with E-state index in [0.717, 1.165) is 0 Å². The summed E-state index contributed by atoms with van der Waals surface area (Å²) in [4.78, 5) is 22.4. The summed E-state index contributed by atoms with van der Waals surface area (Å²) >= 11 is 0. The second kappa shape index (κ2) is 9.51. The van der Waals surface area contributed by atoms with Crippen molar-refractivity contribution in [3.8, 4) is 23.0 Å². The predicted molar refractivity (Wildman–Crippen MR) is 94.6 cm³/mol. The maximum atomic E-state index is 12.2. The molecule has 0 spiro atoms. The predicted octanol–water partition coefficient (Wildman–Crippen LogP) is 3.56. The summed E-state index contributed by atoms with van der Waals surface area (Å²) in [6, 6.07) is 8.50. The molecule has 9 nitrogen and oxygen atoms in total. The third-order valence-corrected chi connectivity index (χ3v) is 3.34. The second-order valence-corrected chi connectivity index (χ2v) is 5.31. The Kier molecular flexibility index (Phi) is 7.09. The van der Waals surface area contributed by atoms with Crippen LogP contribution in [0.3, 0.4) is 0 Å². The third-order valence-electron chi connectivity index (χ3n) is 3.34. The number of ether oxygens (including phenoxy) is 5. The molecule has 0 aliphatic heterocycles. The third kappa shape index (κ3) is 5.40. The van der Waals surface area contributed by atoms with Gasteiger partial charge < -0.3 is 23.7 Å². The van der Waals surface area contributed by atoms with Crippen molar-refractivity contribution in [3.63, 3.8) is 0 Å². The molecule has 144 valence electrons. The van der Waals surface area contributed by atoms with E-state index in [0.29, 0.717) is 11.5 Å². The Morgan fingerprint density at radius 1 is 0.963 bits per heavy atom. The maximum absolute atomic E-state index is 12.2. The van der Waals surface area contributed by atoms with Gasteiger partial charge in [-0.15, -0.1) is 0 Å². The van der Waals surface area contributed by atoms with Crippen LogP contribution in [0.25, 0.3) is 0 Å². The molecule has 0 unspecified atom stereocenters. The fraction of sp³-hybridized carbons (Fsp3) is 0.278. The number of carbonyl (C=O) groups is 1. The van der Waals surface area contributed by atoms with E-state index in [2.05, 4.69) is 0 Å². The van der Waals surface area contributed by atoms with Crippen LogP contribution < -0.4 is 14.2 Å². The molecular weight excluding hydrogens is 358 g/mol. The highest BCUT2D eigenvalue weighted by atomic mass is 16.7. The standard InChI is InChI=1S/C18H19NO8/c1-12(20)18-16(26-11-24-3)8-15(25-10-23-2)9-17(18)27-14-6-4-13(5-7-14)19(21)22/h4-9H,10-11H2,1-3H3. The Morgan fingerprint density at radius 3 is 2.11 bits per heavy atom. The number of Topliss-reactive ketones (excluding diaryl/α,β-unsaturated/α-hetero) is 1. The molecule has 0 N–H and O–H groups in total. The van der Waals surface area contributed by atoms with Crippen molar-refractivity contribution in [2.45, 2.75) is 6.92 Å². The van der Waals surface area contributed by atoms with E-state index < -0.39 is 4.92 Å². The average molecular weight is 377 g/mol. The van der Waals surface area contributed by atoms with Crippen LogP contribution in [-0.4, -0.2) is 38.5 Å². The summed E-state index contributed by atoms with van der Waals surface area (Å²) in [5, 5.41) is 10.8. The van der Waals surface area contributed by atoms with Gasteiger partial charge in [0.2, 0.25) is 0 Å². The van der Waals surface area contributed by atoms with Gasteiger partial charge in [0.1, 0.15) is 28.6 Å². The minimum Gasteiger partial charge on any atom is -0.467 e. The van der Waals surface area contributed by atoms with E-state index in [1.807, 2.05) is 0 Å². The topological polar surface area (TPSA) is 106 Å². The summed E-state index contributed by atoms with van der Waals surface area (Å²) < 4.78 is 26.4. The van der Waals surface area contributed by atoms with E-state index in [4.69, 9.17) is 23.7 Å². The number of carbonyl (C=O) groups excluding carboxylic acids is 1. The zero-order valence-corrected chi connectivity index (χ0v) is 15.1. The molecule has 0 bridgehead atoms. The number of hydrogen-bond donors (Lipinski definition) is 0. The number of ketones is 1. The molecule has 2 aromatic rings. The number of methoxy groups -OCH3 is 2. The monoisotopic (exact) mass is 377 g/mol. The molecule has 0 atom stereocenters. The smallest absolute Gasteiger partial charge is 0.269 e. The number of nitro benzene ring substituents is 1. The molecule has 2 rings (SSSR count). The minimum absolute atomic E-state index is 0.0138. The van der Waals surface area contributed by atoms with Crippen LogP contribution in [0.4, 0.5) is 5.69 Å². The molecule has 9 heteroatoms. The number of benzene rings is 2. The fourth-order valence-corrected chi connectivity index (χ4v) is 2.20. The van der Waals surface area contributed by atoms with E-state index in [1.54, 1.807) is 0 Å². The van der Waals surface area contributed by atoms with Crippen LogP contribution in [0, 0.1) is 10.1 Å². The summed E-state index contributed by atoms with van der Waals surface area (Å²) in [5.74, 6) is 0.761. The molecule has 0 heterocycles. The first-order valence-electron chi connectivity index (χ1n) is 7.81. The van der Waals surface area contributed by atoms with Gasteiger partial charge >= 0.3 is 0 Å². The number of nitrogens with zero attached hydrogens (tertiary/aromatic N) is 1. The van der Waals surface area contributed by atoms with Crippen molar-refractivity contribution in [3.05, 3.63) is 52.1 Å². The lowest BCUT2D eigenvalue weighted by Crippen LogP contribution is -2.07. The van der Waals surface area contributed by atoms with Crippen LogP contribution in [0.1, 0.15) is 17.3 Å². The van der Waals surface area contributed by atoms with Gasteiger partial charge in [0, 0.05) is 38.5 Å². The molecule has 0 saturated heterocycles. The van der Waals surface area contributed by atoms with Crippen LogP contribution in [0.15, 0.2) is 36.4 Å². The van der Waals surface area contributed by atoms with Crippen molar-refractivity contribution >= 4 is 11.5 Å². The maximum Gasteiger partial charge on any atom is 0.269 e. The first-order chi connectivity index (χ1) is 13.0. The lowest BCUT2D eigenvalue weighted by atomic mass is 10.1. The highest BCUT2D eigenvalue weighted by Gasteiger charge is 2.19. The van der Waals surface area contributed by atoms with Crippen LogP contribution in [0.5, 0.6) is 23.0 Å². The number of rotatable bonds is 10. The molecular formula is C18H19NO8. The van der Waals surface area contributed by atoms with E-state index in [-0.39, 0.29) is 42.1 Å². The lowest BCUT2D eigenvalue weighted by Gasteiger charge is -2.16. The Bertz CT molecular complexity index is 804. The van der Waals surface area contributed by atoms with Crippen molar-refractivity contribution in [2.75, 3.05) is 27.8 Å². The van der Waals surface area contributed by atoms with Crippen molar-refractivity contribution in [1.29, 1.82) is 0 Å². The van der Waals surface area contributed by atoms with Gasteiger partial charge in [-0.25, -0.2) is 0 Å². The van der Waals surface area contributed by atoms with Crippen LogP contribution in [-0.2, 0) is 9.47 Å². The number of hydrogen-bond acceptors (Lipinski definition) is 8. The Morgan fingerprint density at radius 2 is 1.56 bits per heavy atom. The van der Waals surface area contributed by atoms with Gasteiger partial charge in [-0.1, -0.05) is 0 Å². The molecule has 0 aromatic heterocycles. The summed E-state index contributed by atoms with van der Waals surface area (Å²) in [5.41, 5.74) is 0.116. The van der Waals surface area contributed by atoms with E-state index >= 15 is 0 Å². The normalized spacial score (nSPS) is 10.3. The van der Waals surface area contributed by atoms with Gasteiger partial charge in [-0.05, 0) is 19.1 Å². The summed E-state index contributed by atoms with van der Waals surface area (Å²) in [7, 11) is 2.92. The Hall–Kier alpha value is -3.17. The van der Waals surface area contributed by atoms with Gasteiger partial charge in [0.15, 0.2) is 19.4 Å². The van der Waals surface area contributed by atoms with Gasteiger partial charge in [0.05, 0.1) is 4.92 Å². The second-order valence-electron chi connectivity index (χ2n) is 5.31. The summed E-state index contributed by atoms with van der Waals surface area (Å²) in [6.45, 7) is 1.28. The first-order valence-corrected chi connectivity index (χ1v) is 7.81. The average Bonchev–Trinajstić information content (AvgIpc) is 2.64. The molecule has 0 amide bonds. The largest absolute Gasteiger partial charge is 0.467 e. The van der Waals surface area contributed by atoms with Gasteiger partial charge in [-0.3, -0.25) is 14.9 Å². The Balaban J connectivity index is 2.43. The van der Waals surface area contributed by atoms with Gasteiger partial charge in [0.25, 0.3) is 5.69 Å². The Labute approximate surface area is 155 Å². The van der Waals surface area contributed by atoms with Crippen LogP contribution >= 0.6 is 0 Å². The van der Waals surface area contributed by atoms with E-state index in [1.165, 1.54) is 57.5 Å². The highest BCUT2D eigenvalue weighted by molar-refractivity contribution is 6.00. The molecule has 0 fully saturated rings. The number of nitro groups is 1. The van der Waals surface area contributed by atoms with Crippen molar-refractivity contribution < 1.29 is 33.4 Å². The first kappa shape index (κ1) is 20.1. The zero-order chi connectivity index (χ0) is 19.8.